The maximum absolute atomic E-state index is 2.39. The smallest absolute Gasteiger partial charge is 0.0531 e. The maximum Gasteiger partial charge on any atom is 0.0531 e. The van der Waals surface area contributed by atoms with Gasteiger partial charge in [0.2, 0.25) is 0 Å². The van der Waals surface area contributed by atoms with E-state index in [4.69, 9.17) is 0 Å². The van der Waals surface area contributed by atoms with Crippen LogP contribution in [0.1, 0.15) is 23.7 Å². The lowest BCUT2D eigenvalue weighted by molar-refractivity contribution is 0.989. The molecule has 0 aliphatic rings. The van der Waals surface area contributed by atoms with Crippen LogP contribution in [0.3, 0.4) is 0 Å². The summed E-state index contributed by atoms with van der Waals surface area (Å²) in [5.74, 6) is 0. The number of aromatic nitrogens is 1. The van der Waals surface area contributed by atoms with Gasteiger partial charge in [0.25, 0.3) is 0 Å². The second-order valence-corrected chi connectivity index (χ2v) is 5.12. The van der Waals surface area contributed by atoms with Crippen LogP contribution < -0.4 is 0 Å². The van der Waals surface area contributed by atoms with Crippen molar-refractivity contribution >= 4 is 10.9 Å². The summed E-state index contributed by atoms with van der Waals surface area (Å²) in [7, 11) is 0. The van der Waals surface area contributed by atoms with E-state index in [-0.39, 0.29) is 0 Å². The topological polar surface area (TPSA) is 4.93 Å². The van der Waals surface area contributed by atoms with Gasteiger partial charge in [0.1, 0.15) is 0 Å². The van der Waals surface area contributed by atoms with Crippen molar-refractivity contribution in [2.45, 2.75) is 27.2 Å². The van der Waals surface area contributed by atoms with Gasteiger partial charge in [0, 0.05) is 11.1 Å². The molecule has 0 atom stereocenters. The fraction of sp³-hybridized carbons (Fsp3) is 0.222. The van der Waals surface area contributed by atoms with E-state index < -0.39 is 0 Å². The molecule has 19 heavy (non-hydrogen) atoms. The SMILES string of the molecule is CCc1cccc(C)c1-n1c(C)cc2ccccc21. The molecule has 0 fully saturated rings. The van der Waals surface area contributed by atoms with Gasteiger partial charge in [-0.2, -0.15) is 0 Å². The highest BCUT2D eigenvalue weighted by Gasteiger charge is 2.12. The summed E-state index contributed by atoms with van der Waals surface area (Å²) in [6, 6.07) is 17.4. The van der Waals surface area contributed by atoms with Crippen LogP contribution in [0.15, 0.2) is 48.5 Å². The molecule has 0 aliphatic carbocycles. The minimum absolute atomic E-state index is 1.06. The summed E-state index contributed by atoms with van der Waals surface area (Å²) >= 11 is 0. The highest BCUT2D eigenvalue weighted by molar-refractivity contribution is 5.83. The first kappa shape index (κ1) is 12.0. The molecule has 1 heteroatoms. The van der Waals surface area contributed by atoms with Gasteiger partial charge in [-0.25, -0.2) is 0 Å². The summed E-state index contributed by atoms with van der Waals surface area (Å²) < 4.78 is 2.39. The Bertz CT molecular complexity index is 735. The van der Waals surface area contributed by atoms with Crippen molar-refractivity contribution in [1.29, 1.82) is 0 Å². The average Bonchev–Trinajstić information content (AvgIpc) is 2.74. The van der Waals surface area contributed by atoms with Crippen molar-refractivity contribution in [2.75, 3.05) is 0 Å². The van der Waals surface area contributed by atoms with Crippen molar-refractivity contribution in [1.82, 2.24) is 4.57 Å². The number of aryl methyl sites for hydroxylation is 3. The Morgan fingerprint density at radius 1 is 0.947 bits per heavy atom. The first-order valence-corrected chi connectivity index (χ1v) is 6.88. The normalized spacial score (nSPS) is 11.1. The van der Waals surface area contributed by atoms with Crippen LogP contribution in [0.4, 0.5) is 0 Å². The second-order valence-electron chi connectivity index (χ2n) is 5.12. The third-order valence-corrected chi connectivity index (χ3v) is 3.82. The molecule has 3 rings (SSSR count). The summed E-state index contributed by atoms with van der Waals surface area (Å²) in [5, 5.41) is 1.31. The number of hydrogen-bond donors (Lipinski definition) is 0. The van der Waals surface area contributed by atoms with Gasteiger partial charge in [-0.3, -0.25) is 0 Å². The molecule has 2 aromatic carbocycles. The van der Waals surface area contributed by atoms with Crippen LogP contribution in [0.25, 0.3) is 16.6 Å². The number of nitrogens with zero attached hydrogens (tertiary/aromatic N) is 1. The van der Waals surface area contributed by atoms with E-state index in [0.717, 1.165) is 6.42 Å². The Morgan fingerprint density at radius 3 is 2.53 bits per heavy atom. The predicted molar refractivity (Wildman–Crippen MR) is 82.1 cm³/mol. The first-order valence-electron chi connectivity index (χ1n) is 6.88. The number of hydrogen-bond acceptors (Lipinski definition) is 0. The van der Waals surface area contributed by atoms with Crippen molar-refractivity contribution in [2.24, 2.45) is 0 Å². The van der Waals surface area contributed by atoms with Crippen molar-refractivity contribution in [3.8, 4) is 5.69 Å². The van der Waals surface area contributed by atoms with Crippen LogP contribution in [0.2, 0.25) is 0 Å². The molecule has 0 amide bonds. The van der Waals surface area contributed by atoms with Crippen molar-refractivity contribution in [3.63, 3.8) is 0 Å². The number of rotatable bonds is 2. The molecule has 0 saturated heterocycles. The van der Waals surface area contributed by atoms with Crippen LogP contribution in [-0.4, -0.2) is 4.57 Å². The van der Waals surface area contributed by atoms with E-state index in [0.29, 0.717) is 0 Å². The standard InChI is InChI=1S/C18H19N/c1-4-15-10-7-8-13(2)18(15)19-14(3)12-16-9-5-6-11-17(16)19/h5-12H,4H2,1-3H3. The second kappa shape index (κ2) is 4.58. The molecular formula is C18H19N. The summed E-state index contributed by atoms with van der Waals surface area (Å²) in [4.78, 5) is 0. The Kier molecular flexibility index (Phi) is 2.90. The molecule has 0 spiro atoms. The lowest BCUT2D eigenvalue weighted by Gasteiger charge is -2.16. The zero-order valence-corrected chi connectivity index (χ0v) is 11.8. The minimum Gasteiger partial charge on any atom is -0.313 e. The molecule has 3 aromatic rings. The van der Waals surface area contributed by atoms with Gasteiger partial charge < -0.3 is 4.57 Å². The minimum atomic E-state index is 1.06. The molecule has 96 valence electrons. The van der Waals surface area contributed by atoms with Gasteiger partial charge in [-0.05, 0) is 43.5 Å². The van der Waals surface area contributed by atoms with Crippen LogP contribution in [0.5, 0.6) is 0 Å². The fourth-order valence-corrected chi connectivity index (χ4v) is 2.91. The third kappa shape index (κ3) is 1.86. The summed E-state index contributed by atoms with van der Waals surface area (Å²) in [5.41, 5.74) is 6.69. The highest BCUT2D eigenvalue weighted by atomic mass is 15.0. The molecule has 0 saturated carbocycles. The van der Waals surface area contributed by atoms with E-state index >= 15 is 0 Å². The monoisotopic (exact) mass is 249 g/mol. The molecule has 1 aromatic heterocycles. The lowest BCUT2D eigenvalue weighted by Crippen LogP contribution is -2.03. The van der Waals surface area contributed by atoms with Crippen LogP contribution in [-0.2, 0) is 6.42 Å². The zero-order chi connectivity index (χ0) is 13.4. The molecule has 0 bridgehead atoms. The van der Waals surface area contributed by atoms with Crippen molar-refractivity contribution < 1.29 is 0 Å². The van der Waals surface area contributed by atoms with Gasteiger partial charge >= 0.3 is 0 Å². The summed E-state index contributed by atoms with van der Waals surface area (Å²) in [6.07, 6.45) is 1.06. The van der Waals surface area contributed by atoms with E-state index in [1.165, 1.54) is 33.4 Å². The van der Waals surface area contributed by atoms with Crippen molar-refractivity contribution in [3.05, 3.63) is 65.4 Å². The third-order valence-electron chi connectivity index (χ3n) is 3.82. The molecule has 0 N–H and O–H groups in total. The lowest BCUT2D eigenvalue weighted by atomic mass is 10.1. The quantitative estimate of drug-likeness (QED) is 0.614. The van der Waals surface area contributed by atoms with Gasteiger partial charge in [0.15, 0.2) is 0 Å². The van der Waals surface area contributed by atoms with E-state index in [1.54, 1.807) is 0 Å². The molecule has 1 nitrogen and oxygen atoms in total. The number of fused-ring (bicyclic) bond motifs is 1. The molecule has 0 unspecified atom stereocenters. The van der Waals surface area contributed by atoms with E-state index in [2.05, 4.69) is 73.9 Å². The molecule has 0 radical (unpaired) electrons. The largest absolute Gasteiger partial charge is 0.313 e. The first-order chi connectivity index (χ1) is 9.22. The summed E-state index contributed by atoms with van der Waals surface area (Å²) in [6.45, 7) is 6.61. The van der Waals surface area contributed by atoms with Gasteiger partial charge in [-0.15, -0.1) is 0 Å². The Balaban J connectivity index is 2.39. The molecule has 1 heterocycles. The molecule has 0 aliphatic heterocycles. The Labute approximate surface area is 114 Å². The average molecular weight is 249 g/mol. The highest BCUT2D eigenvalue weighted by Crippen LogP contribution is 2.28. The Morgan fingerprint density at radius 2 is 1.74 bits per heavy atom. The maximum atomic E-state index is 2.39. The van der Waals surface area contributed by atoms with Gasteiger partial charge in [0.05, 0.1) is 11.2 Å². The fourth-order valence-electron chi connectivity index (χ4n) is 2.91. The van der Waals surface area contributed by atoms with Crippen LogP contribution >= 0.6 is 0 Å². The number of para-hydroxylation sites is 2. The van der Waals surface area contributed by atoms with E-state index in [1.807, 2.05) is 0 Å². The van der Waals surface area contributed by atoms with Crippen LogP contribution in [0, 0.1) is 13.8 Å². The predicted octanol–water partition coefficient (Wildman–Crippen LogP) is 4.81. The Hall–Kier alpha value is -2.02. The molecular weight excluding hydrogens is 230 g/mol. The number of benzene rings is 2. The zero-order valence-electron chi connectivity index (χ0n) is 11.8. The van der Waals surface area contributed by atoms with E-state index in [9.17, 15) is 0 Å². The van der Waals surface area contributed by atoms with Gasteiger partial charge in [-0.1, -0.05) is 43.3 Å².